The largest absolute Gasteiger partial charge is 0.396 e. The first kappa shape index (κ1) is 12.0. The van der Waals surface area contributed by atoms with Gasteiger partial charge >= 0.3 is 0 Å². The van der Waals surface area contributed by atoms with E-state index in [9.17, 15) is 0 Å². The lowest BCUT2D eigenvalue weighted by atomic mass is 9.98. The topological polar surface area (TPSA) is 20.2 Å². The van der Waals surface area contributed by atoms with Crippen LogP contribution in [0.3, 0.4) is 0 Å². The van der Waals surface area contributed by atoms with Crippen LogP contribution in [0.1, 0.15) is 52.9 Å². The molecule has 0 aliphatic carbocycles. The molecule has 2 atom stereocenters. The predicted molar refractivity (Wildman–Crippen MR) is 54.2 cm³/mol. The average Bonchev–Trinajstić information content (AvgIpc) is 2.11. The highest BCUT2D eigenvalue weighted by Gasteiger charge is 2.01. The molecule has 0 saturated carbocycles. The Hall–Kier alpha value is -0.0400. The minimum atomic E-state index is 0.351. The summed E-state index contributed by atoms with van der Waals surface area (Å²) in [5.41, 5.74) is 0. The van der Waals surface area contributed by atoms with Crippen LogP contribution in [0.5, 0.6) is 0 Å². The summed E-state index contributed by atoms with van der Waals surface area (Å²) in [4.78, 5) is 0. The maximum Gasteiger partial charge on any atom is 0.0456 e. The van der Waals surface area contributed by atoms with Crippen molar-refractivity contribution >= 4 is 0 Å². The van der Waals surface area contributed by atoms with Gasteiger partial charge in [-0.3, -0.25) is 0 Å². The molecular formula is C11H24O. The van der Waals surface area contributed by atoms with Crippen molar-refractivity contribution in [2.45, 2.75) is 52.9 Å². The van der Waals surface area contributed by atoms with Crippen molar-refractivity contribution in [1.29, 1.82) is 0 Å². The normalized spacial score (nSPS) is 16.0. The van der Waals surface area contributed by atoms with Crippen LogP contribution < -0.4 is 0 Å². The van der Waals surface area contributed by atoms with Gasteiger partial charge in [-0.1, -0.05) is 46.5 Å². The Bertz CT molecular complexity index is 79.0. The van der Waals surface area contributed by atoms with Crippen LogP contribution in [0.4, 0.5) is 0 Å². The molecule has 0 spiro atoms. The minimum absolute atomic E-state index is 0.351. The van der Waals surface area contributed by atoms with Gasteiger partial charge in [0.15, 0.2) is 0 Å². The molecule has 0 rings (SSSR count). The van der Waals surface area contributed by atoms with Gasteiger partial charge in [0.05, 0.1) is 0 Å². The third-order valence-electron chi connectivity index (χ3n) is 2.65. The van der Waals surface area contributed by atoms with Crippen molar-refractivity contribution in [1.82, 2.24) is 0 Å². The van der Waals surface area contributed by atoms with Gasteiger partial charge in [0.25, 0.3) is 0 Å². The second-order valence-electron chi connectivity index (χ2n) is 4.09. The molecule has 0 fully saturated rings. The lowest BCUT2D eigenvalue weighted by molar-refractivity contribution is 0.226. The van der Waals surface area contributed by atoms with Gasteiger partial charge < -0.3 is 5.11 Å². The van der Waals surface area contributed by atoms with Gasteiger partial charge in [-0.25, -0.2) is 0 Å². The zero-order valence-corrected chi connectivity index (χ0v) is 8.84. The van der Waals surface area contributed by atoms with E-state index in [0.717, 1.165) is 5.92 Å². The van der Waals surface area contributed by atoms with E-state index in [2.05, 4.69) is 20.8 Å². The van der Waals surface area contributed by atoms with E-state index in [1.165, 1.54) is 32.1 Å². The SMILES string of the molecule is CCC(C)CCCCC(C)CO. The fourth-order valence-electron chi connectivity index (χ4n) is 1.28. The molecule has 2 unspecified atom stereocenters. The first-order valence-electron chi connectivity index (χ1n) is 5.31. The Labute approximate surface area is 77.2 Å². The highest BCUT2D eigenvalue weighted by atomic mass is 16.3. The summed E-state index contributed by atoms with van der Waals surface area (Å²) >= 11 is 0. The summed E-state index contributed by atoms with van der Waals surface area (Å²) in [6.45, 7) is 7.03. The lowest BCUT2D eigenvalue weighted by Crippen LogP contribution is -2.00. The van der Waals surface area contributed by atoms with Crippen LogP contribution in [0, 0.1) is 11.8 Å². The van der Waals surface area contributed by atoms with Gasteiger partial charge in [0.2, 0.25) is 0 Å². The molecule has 0 aromatic heterocycles. The molecule has 0 aliphatic rings. The molecule has 12 heavy (non-hydrogen) atoms. The number of hydrogen-bond donors (Lipinski definition) is 1. The number of unbranched alkanes of at least 4 members (excludes halogenated alkanes) is 1. The van der Waals surface area contributed by atoms with E-state index in [1.54, 1.807) is 0 Å². The zero-order chi connectivity index (χ0) is 9.40. The van der Waals surface area contributed by atoms with Gasteiger partial charge in [-0.15, -0.1) is 0 Å². The molecule has 0 amide bonds. The maximum atomic E-state index is 8.79. The summed E-state index contributed by atoms with van der Waals surface area (Å²) in [6, 6.07) is 0. The average molecular weight is 172 g/mol. The first-order valence-corrected chi connectivity index (χ1v) is 5.31. The molecule has 1 N–H and O–H groups in total. The van der Waals surface area contributed by atoms with Crippen molar-refractivity contribution in [3.63, 3.8) is 0 Å². The van der Waals surface area contributed by atoms with Crippen LogP contribution in [0.25, 0.3) is 0 Å². The van der Waals surface area contributed by atoms with Crippen LogP contribution in [-0.4, -0.2) is 11.7 Å². The number of aliphatic hydroxyl groups is 1. The third-order valence-corrected chi connectivity index (χ3v) is 2.65. The number of aliphatic hydroxyl groups excluding tert-OH is 1. The van der Waals surface area contributed by atoms with Crippen molar-refractivity contribution in [2.75, 3.05) is 6.61 Å². The Morgan fingerprint density at radius 3 is 1.92 bits per heavy atom. The molecule has 0 heterocycles. The molecule has 74 valence electrons. The standard InChI is InChI=1S/C11H24O/c1-4-10(2)7-5-6-8-11(3)9-12/h10-12H,4-9H2,1-3H3. The summed E-state index contributed by atoms with van der Waals surface area (Å²) in [6.07, 6.45) is 6.46. The molecule has 0 aliphatic heterocycles. The summed E-state index contributed by atoms with van der Waals surface area (Å²) in [7, 11) is 0. The molecular weight excluding hydrogens is 148 g/mol. The van der Waals surface area contributed by atoms with E-state index >= 15 is 0 Å². The molecule has 0 saturated heterocycles. The van der Waals surface area contributed by atoms with E-state index in [0.29, 0.717) is 12.5 Å². The first-order chi connectivity index (χ1) is 5.70. The summed E-state index contributed by atoms with van der Waals surface area (Å²) in [5, 5.41) is 8.79. The van der Waals surface area contributed by atoms with E-state index in [1.807, 2.05) is 0 Å². The van der Waals surface area contributed by atoms with E-state index in [-0.39, 0.29) is 0 Å². The molecule has 0 bridgehead atoms. The number of rotatable bonds is 7. The van der Waals surface area contributed by atoms with Crippen molar-refractivity contribution in [3.05, 3.63) is 0 Å². The van der Waals surface area contributed by atoms with Crippen LogP contribution in [0.15, 0.2) is 0 Å². The highest BCUT2D eigenvalue weighted by Crippen LogP contribution is 2.14. The van der Waals surface area contributed by atoms with Crippen molar-refractivity contribution in [2.24, 2.45) is 11.8 Å². The molecule has 0 radical (unpaired) electrons. The number of hydrogen-bond acceptors (Lipinski definition) is 1. The Kier molecular flexibility index (Phi) is 7.58. The fraction of sp³-hybridized carbons (Fsp3) is 1.00. The quantitative estimate of drug-likeness (QED) is 0.585. The van der Waals surface area contributed by atoms with Gasteiger partial charge in [-0.2, -0.15) is 0 Å². The van der Waals surface area contributed by atoms with Crippen LogP contribution in [-0.2, 0) is 0 Å². The summed E-state index contributed by atoms with van der Waals surface area (Å²) < 4.78 is 0. The monoisotopic (exact) mass is 172 g/mol. The fourth-order valence-corrected chi connectivity index (χ4v) is 1.28. The lowest BCUT2D eigenvalue weighted by Gasteiger charge is -2.09. The third kappa shape index (κ3) is 6.66. The van der Waals surface area contributed by atoms with E-state index in [4.69, 9.17) is 5.11 Å². The van der Waals surface area contributed by atoms with Gasteiger partial charge in [0.1, 0.15) is 0 Å². The minimum Gasteiger partial charge on any atom is -0.396 e. The Morgan fingerprint density at radius 1 is 1.00 bits per heavy atom. The zero-order valence-electron chi connectivity index (χ0n) is 8.84. The molecule has 0 aromatic carbocycles. The Morgan fingerprint density at radius 2 is 1.50 bits per heavy atom. The molecule has 1 nitrogen and oxygen atoms in total. The van der Waals surface area contributed by atoms with Gasteiger partial charge in [-0.05, 0) is 18.3 Å². The van der Waals surface area contributed by atoms with E-state index < -0.39 is 0 Å². The highest BCUT2D eigenvalue weighted by molar-refractivity contribution is 4.54. The second-order valence-corrected chi connectivity index (χ2v) is 4.09. The predicted octanol–water partition coefficient (Wildman–Crippen LogP) is 3.22. The van der Waals surface area contributed by atoms with Crippen molar-refractivity contribution in [3.8, 4) is 0 Å². The second kappa shape index (κ2) is 7.60. The smallest absolute Gasteiger partial charge is 0.0456 e. The summed E-state index contributed by atoms with van der Waals surface area (Å²) in [5.74, 6) is 1.39. The van der Waals surface area contributed by atoms with Crippen molar-refractivity contribution < 1.29 is 5.11 Å². The van der Waals surface area contributed by atoms with Crippen LogP contribution in [0.2, 0.25) is 0 Å². The van der Waals surface area contributed by atoms with Crippen LogP contribution >= 0.6 is 0 Å². The Balaban J connectivity index is 3.10. The molecule has 1 heteroatoms. The molecule has 0 aromatic rings. The van der Waals surface area contributed by atoms with Gasteiger partial charge in [0, 0.05) is 6.61 Å². The maximum absolute atomic E-state index is 8.79.